The molecule has 4 rings (SSSR count). The van der Waals surface area contributed by atoms with Gasteiger partial charge in [-0.2, -0.15) is 13.2 Å². The van der Waals surface area contributed by atoms with Gasteiger partial charge in [0.2, 0.25) is 11.7 Å². The lowest BCUT2D eigenvalue weighted by atomic mass is 10.1. The number of rotatable bonds is 11. The molecule has 0 unspecified atom stereocenters. The highest BCUT2D eigenvalue weighted by atomic mass is 19.4. The van der Waals surface area contributed by atoms with Gasteiger partial charge in [0, 0.05) is 29.4 Å². The quantitative estimate of drug-likeness (QED) is 0.0273. The van der Waals surface area contributed by atoms with Crippen LogP contribution in [0.4, 0.5) is 46.6 Å². The van der Waals surface area contributed by atoms with Crippen molar-refractivity contribution in [1.29, 1.82) is 0 Å². The molecule has 3 aromatic carbocycles. The van der Waals surface area contributed by atoms with E-state index >= 15 is 0 Å². The molecule has 0 spiro atoms. The first-order valence-corrected chi connectivity index (χ1v) is 15.1. The lowest BCUT2D eigenvalue weighted by molar-refractivity contribution is -0.137. The van der Waals surface area contributed by atoms with Gasteiger partial charge in [-0.15, -0.1) is 0 Å². The number of nitrogens with zero attached hydrogens (tertiary/aromatic N) is 3. The number of hydrogen-bond acceptors (Lipinski definition) is 7. The number of amides is 1. The van der Waals surface area contributed by atoms with Gasteiger partial charge in [0.05, 0.1) is 23.0 Å². The second kappa shape index (κ2) is 16.8. The third kappa shape index (κ3) is 9.73. The molecular formula is C33H33F8N7O3. The molecule has 18 heteroatoms. The van der Waals surface area contributed by atoms with E-state index in [-0.39, 0.29) is 46.7 Å². The highest BCUT2D eigenvalue weighted by Crippen LogP contribution is 2.34. The molecule has 10 nitrogen and oxygen atoms in total. The van der Waals surface area contributed by atoms with E-state index in [1.165, 1.54) is 30.3 Å². The molecule has 1 aromatic heterocycles. The highest BCUT2D eigenvalue weighted by molar-refractivity contribution is 5.97. The fourth-order valence-electron chi connectivity index (χ4n) is 4.40. The maximum absolute atomic E-state index is 13.8. The highest BCUT2D eigenvalue weighted by Gasteiger charge is 2.32. The number of nitrogens with two attached hydrogens (primary N) is 2. The maximum atomic E-state index is 13.8. The zero-order valence-corrected chi connectivity index (χ0v) is 27.6. The molecular weight excluding hydrogens is 694 g/mol. The van der Waals surface area contributed by atoms with Crippen LogP contribution in [0.2, 0.25) is 0 Å². The number of halogens is 8. The first kappa shape index (κ1) is 39.8. The summed E-state index contributed by atoms with van der Waals surface area (Å²) in [6.07, 6.45) is -3.57. The van der Waals surface area contributed by atoms with E-state index in [1.54, 1.807) is 13.8 Å². The van der Waals surface area contributed by atoms with E-state index in [4.69, 9.17) is 16.3 Å². The molecule has 0 saturated heterocycles. The number of benzene rings is 3. The summed E-state index contributed by atoms with van der Waals surface area (Å²) in [7, 11) is 0. The second-order valence-electron chi connectivity index (χ2n) is 10.8. The molecule has 0 aliphatic heterocycles. The molecule has 4 aromatic rings. The van der Waals surface area contributed by atoms with Gasteiger partial charge >= 0.3 is 6.18 Å². The topological polar surface area (TPSA) is 150 Å². The van der Waals surface area contributed by atoms with Crippen LogP contribution in [-0.4, -0.2) is 27.3 Å². The minimum atomic E-state index is -4.73. The van der Waals surface area contributed by atoms with Crippen molar-refractivity contribution >= 4 is 23.2 Å². The molecule has 0 aliphatic carbocycles. The van der Waals surface area contributed by atoms with Gasteiger partial charge in [0.15, 0.2) is 34.9 Å². The van der Waals surface area contributed by atoms with Crippen molar-refractivity contribution in [3.05, 3.63) is 110 Å². The largest absolute Gasteiger partial charge is 0.416 e. The Labute approximate surface area is 286 Å². The molecule has 51 heavy (non-hydrogen) atoms. The Morgan fingerprint density at radius 3 is 2.12 bits per heavy atom. The number of nitrogen functional groups attached to an aromatic ring is 1. The van der Waals surface area contributed by atoms with Crippen LogP contribution in [-0.2, 0) is 35.5 Å². The molecule has 6 N–H and O–H groups in total. The summed E-state index contributed by atoms with van der Waals surface area (Å²) in [5.41, 5.74) is 8.77. The fraction of sp³-hybridized carbons (Fsp3) is 0.273. The minimum Gasteiger partial charge on any atom is -0.399 e. The van der Waals surface area contributed by atoms with Crippen LogP contribution >= 0.6 is 0 Å². The Morgan fingerprint density at radius 1 is 0.961 bits per heavy atom. The van der Waals surface area contributed by atoms with E-state index in [1.807, 2.05) is 13.8 Å². The first-order chi connectivity index (χ1) is 24.0. The third-order valence-electron chi connectivity index (χ3n) is 6.77. The van der Waals surface area contributed by atoms with Gasteiger partial charge in [0.1, 0.15) is 13.2 Å². The summed E-state index contributed by atoms with van der Waals surface area (Å²) in [5, 5.41) is 8.86. The molecule has 1 amide bonds. The zero-order chi connectivity index (χ0) is 38.2. The maximum Gasteiger partial charge on any atom is 0.416 e. The van der Waals surface area contributed by atoms with E-state index in [0.29, 0.717) is 5.56 Å². The van der Waals surface area contributed by atoms with Crippen molar-refractivity contribution in [2.75, 3.05) is 11.1 Å². The van der Waals surface area contributed by atoms with Crippen LogP contribution in [0, 0.1) is 29.1 Å². The lowest BCUT2D eigenvalue weighted by Gasteiger charge is -2.17. The van der Waals surface area contributed by atoms with Crippen molar-refractivity contribution in [2.45, 2.75) is 59.6 Å². The molecule has 0 radical (unpaired) electrons. The number of amidine groups is 1. The molecule has 0 atom stereocenters. The number of alkyl halides is 3. The third-order valence-corrected chi connectivity index (χ3v) is 6.77. The van der Waals surface area contributed by atoms with Crippen LogP contribution in [0.25, 0.3) is 11.3 Å². The number of carbonyl (C=O) groups excluding carboxylic acids is 1. The smallest absolute Gasteiger partial charge is 0.399 e. The van der Waals surface area contributed by atoms with Crippen LogP contribution in [0.1, 0.15) is 49.9 Å². The van der Waals surface area contributed by atoms with Crippen molar-refractivity contribution in [2.24, 2.45) is 10.9 Å². The Morgan fingerprint density at radius 2 is 1.55 bits per heavy atom. The summed E-state index contributed by atoms with van der Waals surface area (Å²) in [4.78, 5) is 35.0. The summed E-state index contributed by atoms with van der Waals surface area (Å²) in [6.45, 7) is 5.68. The monoisotopic (exact) mass is 727 g/mol. The van der Waals surface area contributed by atoms with Gasteiger partial charge in [-0.3, -0.25) is 14.2 Å². The Kier molecular flexibility index (Phi) is 13.1. The van der Waals surface area contributed by atoms with Crippen LogP contribution in [0.3, 0.4) is 0 Å². The predicted molar refractivity (Wildman–Crippen MR) is 173 cm³/mol. The van der Waals surface area contributed by atoms with Gasteiger partial charge < -0.3 is 26.9 Å². The van der Waals surface area contributed by atoms with Gasteiger partial charge in [0.25, 0.3) is 5.56 Å². The Balaban J connectivity index is 0.00000345. The van der Waals surface area contributed by atoms with Crippen molar-refractivity contribution in [1.82, 2.24) is 14.9 Å². The van der Waals surface area contributed by atoms with Gasteiger partial charge in [-0.1, -0.05) is 43.3 Å². The summed E-state index contributed by atoms with van der Waals surface area (Å²) >= 11 is 0. The number of nitrogens with one attached hydrogen (secondary N) is 2. The molecule has 0 saturated carbocycles. The van der Waals surface area contributed by atoms with Crippen molar-refractivity contribution < 1.29 is 44.8 Å². The molecule has 0 bridgehead atoms. The number of aromatic nitrogens is 2. The number of carbonyl (C=O) groups is 1. The lowest BCUT2D eigenvalue weighted by Crippen LogP contribution is -2.35. The van der Waals surface area contributed by atoms with Gasteiger partial charge in [-0.25, -0.2) is 26.9 Å². The van der Waals surface area contributed by atoms with Crippen LogP contribution in [0.15, 0.2) is 58.6 Å². The predicted octanol–water partition coefficient (Wildman–Crippen LogP) is 6.21. The summed E-state index contributed by atoms with van der Waals surface area (Å²) in [6, 6.07) is 8.36. The number of hydrogen-bond donors (Lipinski definition) is 4. The standard InChI is InChI=1S/C31H27F8N7O3.C2H6/c1-14(2)44-29-30(48)46(21(11-43-29)17-7-18(31(37,38)39)9-19(40)8-17)12-22(47)42-10-15-3-5-16(6-4-15)28(41)45-49-13-20-23(32)25(34)27(36)26(35)24(20)33;1-2/h3-9,11,14H,10,12-13,40H2,1-2H3,(H2,41,45)(H,42,47)(H,43,44);1-2H3. The first-order valence-electron chi connectivity index (χ1n) is 15.1. The van der Waals surface area contributed by atoms with E-state index in [0.717, 1.165) is 22.9 Å². The van der Waals surface area contributed by atoms with E-state index in [2.05, 4.69) is 20.8 Å². The van der Waals surface area contributed by atoms with Crippen molar-refractivity contribution in [3.8, 4) is 11.3 Å². The SMILES string of the molecule is CC.CC(C)Nc1ncc(-c2cc(N)cc(C(F)(F)F)c2)n(CC(=O)NCc2ccc(/C(N)=N/OCc3c(F)c(F)c(F)c(F)c3F)cc2)c1=O. The normalized spacial score (nSPS) is 11.6. The average molecular weight is 728 g/mol. The van der Waals surface area contributed by atoms with Gasteiger partial charge in [-0.05, 0) is 37.6 Å². The Hall–Kier alpha value is -5.68. The summed E-state index contributed by atoms with van der Waals surface area (Å²) < 4.78 is 109. The second-order valence-corrected chi connectivity index (χ2v) is 10.8. The van der Waals surface area contributed by atoms with Crippen LogP contribution < -0.4 is 27.7 Å². The molecule has 1 heterocycles. The number of anilines is 2. The Bertz CT molecular complexity index is 1940. The molecule has 0 aliphatic rings. The fourth-order valence-corrected chi connectivity index (χ4v) is 4.40. The van der Waals surface area contributed by atoms with E-state index in [9.17, 15) is 44.7 Å². The zero-order valence-electron chi connectivity index (χ0n) is 27.6. The van der Waals surface area contributed by atoms with Crippen LogP contribution in [0.5, 0.6) is 0 Å². The minimum absolute atomic E-state index is 0.0737. The molecule has 274 valence electrons. The summed E-state index contributed by atoms with van der Waals surface area (Å²) in [5.74, 6) is -11.9. The van der Waals surface area contributed by atoms with Crippen molar-refractivity contribution in [3.63, 3.8) is 0 Å². The van der Waals surface area contributed by atoms with E-state index < -0.39 is 71.0 Å². The average Bonchev–Trinajstić information content (AvgIpc) is 3.09. The molecule has 0 fully saturated rings. The number of oxime groups is 1.